The first kappa shape index (κ1) is 19.9. The highest BCUT2D eigenvalue weighted by Crippen LogP contribution is 2.39. The molecule has 0 saturated heterocycles. The number of aromatic nitrogens is 2. The number of carbonyl (C=O) groups is 2. The van der Waals surface area contributed by atoms with Crippen molar-refractivity contribution in [1.82, 2.24) is 9.97 Å². The number of nitrogens with one attached hydrogen (secondary N) is 3. The molecule has 0 aliphatic heterocycles. The standard InChI is InChI=1S/C24H26N4O2/c1-24(2,3)23(30)28-19-14-15(12-13-25-19)21-22(26-16-8-5-4-6-9-16)20-17(27-21)10-7-11-18(20)29/h4-6,8-9,12-14,26-27H,7,10-11H2,1-3H3,(H,25,28,30). The Bertz CT molecular complexity index is 1090. The van der Waals surface area contributed by atoms with Gasteiger partial charge in [0.1, 0.15) is 5.82 Å². The molecule has 30 heavy (non-hydrogen) atoms. The molecule has 0 radical (unpaired) electrons. The summed E-state index contributed by atoms with van der Waals surface area (Å²) in [6, 6.07) is 13.5. The molecule has 4 rings (SSSR count). The summed E-state index contributed by atoms with van der Waals surface area (Å²) >= 11 is 0. The number of ketones is 1. The molecule has 6 heteroatoms. The predicted molar refractivity (Wildman–Crippen MR) is 119 cm³/mol. The molecule has 3 aromatic rings. The first-order chi connectivity index (χ1) is 14.3. The molecule has 0 atom stereocenters. The number of hydrogen-bond acceptors (Lipinski definition) is 4. The van der Waals surface area contributed by atoms with E-state index < -0.39 is 5.41 Å². The van der Waals surface area contributed by atoms with Gasteiger partial charge >= 0.3 is 0 Å². The number of anilines is 3. The number of benzene rings is 1. The fraction of sp³-hybridized carbons (Fsp3) is 0.292. The van der Waals surface area contributed by atoms with E-state index in [-0.39, 0.29) is 11.7 Å². The number of hydrogen-bond donors (Lipinski definition) is 3. The minimum absolute atomic E-state index is 0.101. The first-order valence-electron chi connectivity index (χ1n) is 10.2. The van der Waals surface area contributed by atoms with Crippen LogP contribution in [-0.4, -0.2) is 21.7 Å². The normalized spacial score (nSPS) is 13.6. The van der Waals surface area contributed by atoms with Gasteiger partial charge in [0.05, 0.1) is 16.9 Å². The molecule has 2 heterocycles. The van der Waals surface area contributed by atoms with E-state index in [2.05, 4.69) is 20.6 Å². The summed E-state index contributed by atoms with van der Waals surface area (Å²) in [6.07, 6.45) is 3.90. The van der Waals surface area contributed by atoms with Gasteiger partial charge in [0, 0.05) is 35.0 Å². The van der Waals surface area contributed by atoms with Gasteiger partial charge in [0.2, 0.25) is 5.91 Å². The van der Waals surface area contributed by atoms with Gasteiger partial charge in [-0.15, -0.1) is 0 Å². The summed E-state index contributed by atoms with van der Waals surface area (Å²) in [7, 11) is 0. The van der Waals surface area contributed by atoms with Crippen LogP contribution in [-0.2, 0) is 11.2 Å². The molecule has 1 amide bonds. The number of amides is 1. The zero-order valence-corrected chi connectivity index (χ0v) is 17.5. The number of pyridine rings is 1. The molecule has 2 aromatic heterocycles. The summed E-state index contributed by atoms with van der Waals surface area (Å²) < 4.78 is 0. The molecule has 0 spiro atoms. The second-order valence-corrected chi connectivity index (χ2v) is 8.63. The molecule has 154 valence electrons. The third-order valence-corrected chi connectivity index (χ3v) is 5.20. The van der Waals surface area contributed by atoms with E-state index in [1.807, 2.05) is 63.2 Å². The van der Waals surface area contributed by atoms with Crippen LogP contribution in [0, 0.1) is 5.41 Å². The largest absolute Gasteiger partial charge is 0.356 e. The average molecular weight is 402 g/mol. The molecular weight excluding hydrogens is 376 g/mol. The SMILES string of the molecule is CC(C)(C)C(=O)Nc1cc(-c2[nH]c3c(c2Nc2ccccc2)C(=O)CCC3)ccn1. The summed E-state index contributed by atoms with van der Waals surface area (Å²) in [6.45, 7) is 5.58. The number of Topliss-reactive ketones (excluding diaryl/α,β-unsaturated/α-hetero) is 1. The number of fused-ring (bicyclic) bond motifs is 1. The highest BCUT2D eigenvalue weighted by Gasteiger charge is 2.27. The van der Waals surface area contributed by atoms with Crippen molar-refractivity contribution in [2.45, 2.75) is 40.0 Å². The Balaban J connectivity index is 1.76. The van der Waals surface area contributed by atoms with Gasteiger partial charge in [0.25, 0.3) is 0 Å². The van der Waals surface area contributed by atoms with Gasteiger partial charge in [-0.2, -0.15) is 0 Å². The van der Waals surface area contributed by atoms with Gasteiger partial charge in [-0.05, 0) is 37.1 Å². The number of rotatable bonds is 4. The topological polar surface area (TPSA) is 86.9 Å². The maximum absolute atomic E-state index is 12.7. The second kappa shape index (κ2) is 7.78. The molecule has 0 saturated carbocycles. The molecule has 3 N–H and O–H groups in total. The van der Waals surface area contributed by atoms with Gasteiger partial charge in [-0.1, -0.05) is 39.0 Å². The van der Waals surface area contributed by atoms with Crippen LogP contribution in [0.4, 0.5) is 17.2 Å². The van der Waals surface area contributed by atoms with Crippen molar-refractivity contribution in [1.29, 1.82) is 0 Å². The van der Waals surface area contributed by atoms with Crippen LogP contribution in [0.15, 0.2) is 48.7 Å². The summed E-state index contributed by atoms with van der Waals surface area (Å²) in [5.41, 5.74) is 4.54. The Labute approximate surface area is 176 Å². The van der Waals surface area contributed by atoms with Crippen LogP contribution < -0.4 is 10.6 Å². The number of carbonyl (C=O) groups excluding carboxylic acids is 2. The van der Waals surface area contributed by atoms with Gasteiger partial charge in [-0.25, -0.2) is 4.98 Å². The fourth-order valence-corrected chi connectivity index (χ4v) is 3.56. The molecule has 0 unspecified atom stereocenters. The van der Waals surface area contributed by atoms with Crippen LogP contribution in [0.2, 0.25) is 0 Å². The second-order valence-electron chi connectivity index (χ2n) is 8.63. The minimum atomic E-state index is -0.518. The van der Waals surface area contributed by atoms with E-state index in [1.165, 1.54) is 0 Å². The Kier molecular flexibility index (Phi) is 5.16. The van der Waals surface area contributed by atoms with E-state index in [1.54, 1.807) is 6.20 Å². The number of aromatic amines is 1. The first-order valence-corrected chi connectivity index (χ1v) is 10.2. The van der Waals surface area contributed by atoms with Crippen molar-refractivity contribution >= 4 is 28.9 Å². The Hall–Kier alpha value is -3.41. The number of aryl methyl sites for hydroxylation is 1. The van der Waals surface area contributed by atoms with Crippen LogP contribution in [0.5, 0.6) is 0 Å². The lowest BCUT2D eigenvalue weighted by molar-refractivity contribution is -0.123. The van der Waals surface area contributed by atoms with Crippen molar-refractivity contribution in [3.8, 4) is 11.3 Å². The molecule has 6 nitrogen and oxygen atoms in total. The fourth-order valence-electron chi connectivity index (χ4n) is 3.56. The summed E-state index contributed by atoms with van der Waals surface area (Å²) in [5, 5.41) is 6.31. The van der Waals surface area contributed by atoms with Crippen LogP contribution in [0.3, 0.4) is 0 Å². The lowest BCUT2D eigenvalue weighted by Crippen LogP contribution is -2.28. The van der Waals surface area contributed by atoms with E-state index in [4.69, 9.17) is 0 Å². The molecule has 1 aromatic carbocycles. The summed E-state index contributed by atoms with van der Waals surface area (Å²) in [5.74, 6) is 0.528. The van der Waals surface area contributed by atoms with Crippen LogP contribution >= 0.6 is 0 Å². The summed E-state index contributed by atoms with van der Waals surface area (Å²) in [4.78, 5) is 32.9. The van der Waals surface area contributed by atoms with Gasteiger partial charge < -0.3 is 15.6 Å². The van der Waals surface area contributed by atoms with Crippen molar-refractivity contribution in [3.05, 3.63) is 59.9 Å². The average Bonchev–Trinajstić information content (AvgIpc) is 3.08. The van der Waals surface area contributed by atoms with E-state index in [0.29, 0.717) is 12.2 Å². The molecular formula is C24H26N4O2. The molecule has 1 aliphatic rings. The van der Waals surface area contributed by atoms with Crippen molar-refractivity contribution in [2.24, 2.45) is 5.41 Å². The highest BCUT2D eigenvalue weighted by molar-refractivity contribution is 6.07. The third kappa shape index (κ3) is 3.99. The molecule has 1 aliphatic carbocycles. The Morgan fingerprint density at radius 2 is 1.87 bits per heavy atom. The molecule has 0 bridgehead atoms. The minimum Gasteiger partial charge on any atom is -0.356 e. The number of para-hydroxylation sites is 1. The smallest absolute Gasteiger partial charge is 0.230 e. The zero-order chi connectivity index (χ0) is 21.3. The van der Waals surface area contributed by atoms with Crippen LogP contribution in [0.25, 0.3) is 11.3 Å². The van der Waals surface area contributed by atoms with E-state index >= 15 is 0 Å². The third-order valence-electron chi connectivity index (χ3n) is 5.20. The maximum Gasteiger partial charge on any atom is 0.230 e. The quantitative estimate of drug-likeness (QED) is 0.551. The maximum atomic E-state index is 12.7. The number of H-pyrrole nitrogens is 1. The van der Waals surface area contributed by atoms with Crippen molar-refractivity contribution < 1.29 is 9.59 Å². The Morgan fingerprint density at radius 3 is 2.60 bits per heavy atom. The van der Waals surface area contributed by atoms with E-state index in [9.17, 15) is 9.59 Å². The zero-order valence-electron chi connectivity index (χ0n) is 17.5. The Morgan fingerprint density at radius 1 is 1.10 bits per heavy atom. The van der Waals surface area contributed by atoms with Gasteiger partial charge in [-0.3, -0.25) is 9.59 Å². The van der Waals surface area contributed by atoms with E-state index in [0.717, 1.165) is 46.7 Å². The number of nitrogens with zero attached hydrogens (tertiary/aromatic N) is 1. The monoisotopic (exact) mass is 402 g/mol. The predicted octanol–water partition coefficient (Wildman–Crippen LogP) is 5.32. The van der Waals surface area contributed by atoms with Crippen molar-refractivity contribution in [2.75, 3.05) is 10.6 Å². The lowest BCUT2D eigenvalue weighted by atomic mass is 9.95. The van der Waals surface area contributed by atoms with Gasteiger partial charge in [0.15, 0.2) is 5.78 Å². The lowest BCUT2D eigenvalue weighted by Gasteiger charge is -2.17. The van der Waals surface area contributed by atoms with Crippen LogP contribution in [0.1, 0.15) is 49.7 Å². The van der Waals surface area contributed by atoms with Crippen molar-refractivity contribution in [3.63, 3.8) is 0 Å². The molecule has 0 fully saturated rings. The highest BCUT2D eigenvalue weighted by atomic mass is 16.2.